The molecule has 1 saturated heterocycles. The number of hydrogen-bond donors (Lipinski definition) is 4. The molecule has 4 N–H and O–H groups in total. The Labute approximate surface area is 87.7 Å². The van der Waals surface area contributed by atoms with E-state index in [-0.39, 0.29) is 24.8 Å². The van der Waals surface area contributed by atoms with E-state index < -0.39 is 12.1 Å². The molecule has 1 fully saturated rings. The van der Waals surface area contributed by atoms with Crippen molar-refractivity contribution in [1.82, 2.24) is 10.6 Å². The van der Waals surface area contributed by atoms with Crippen LogP contribution in [0.4, 0.5) is 0 Å². The van der Waals surface area contributed by atoms with Gasteiger partial charge in [-0.25, -0.2) is 0 Å². The Hall–Kier alpha value is -1.14. The molecule has 1 heterocycles. The summed E-state index contributed by atoms with van der Waals surface area (Å²) in [6.45, 7) is 1.19. The second-order valence-electron chi connectivity index (χ2n) is 3.68. The largest absolute Gasteiger partial charge is 0.481 e. The van der Waals surface area contributed by atoms with Gasteiger partial charge in [0, 0.05) is 19.6 Å². The molecule has 6 heteroatoms. The van der Waals surface area contributed by atoms with Gasteiger partial charge in [-0.1, -0.05) is 0 Å². The number of amides is 1. The third-order valence-corrected chi connectivity index (χ3v) is 2.34. The first-order valence-corrected chi connectivity index (χ1v) is 4.98. The Morgan fingerprint density at radius 2 is 2.13 bits per heavy atom. The van der Waals surface area contributed by atoms with E-state index in [9.17, 15) is 14.7 Å². The lowest BCUT2D eigenvalue weighted by Gasteiger charge is -2.25. The first-order chi connectivity index (χ1) is 7.09. The molecule has 1 amide bonds. The lowest BCUT2D eigenvalue weighted by Crippen LogP contribution is -2.46. The van der Waals surface area contributed by atoms with E-state index in [1.54, 1.807) is 0 Å². The van der Waals surface area contributed by atoms with Crippen LogP contribution in [-0.2, 0) is 9.59 Å². The Bertz CT molecular complexity index is 244. The molecule has 2 unspecified atom stereocenters. The topological polar surface area (TPSA) is 98.7 Å². The van der Waals surface area contributed by atoms with Crippen LogP contribution < -0.4 is 10.6 Å². The number of rotatable bonds is 4. The van der Waals surface area contributed by atoms with Gasteiger partial charge in [0.25, 0.3) is 0 Å². The Morgan fingerprint density at radius 1 is 1.40 bits per heavy atom. The number of carbonyl (C=O) groups excluding carboxylic acids is 1. The molecule has 15 heavy (non-hydrogen) atoms. The zero-order valence-electron chi connectivity index (χ0n) is 8.40. The molecule has 1 aliphatic heterocycles. The molecule has 0 spiro atoms. The summed E-state index contributed by atoms with van der Waals surface area (Å²) in [7, 11) is 0. The van der Waals surface area contributed by atoms with Gasteiger partial charge in [0.05, 0.1) is 18.4 Å². The lowest BCUT2D eigenvalue weighted by molar-refractivity contribution is -0.137. The number of carbonyl (C=O) groups is 2. The fraction of sp³-hybridized carbons (Fsp3) is 0.778. The molecule has 2 atom stereocenters. The minimum atomic E-state index is -0.933. The number of carboxylic acid groups (broad SMARTS) is 1. The quantitative estimate of drug-likeness (QED) is 0.461. The summed E-state index contributed by atoms with van der Waals surface area (Å²) >= 11 is 0. The number of carboxylic acids is 1. The van der Waals surface area contributed by atoms with Crippen LogP contribution in [0, 0.1) is 5.92 Å². The number of β-amino-alcohol motifs (C(OH)–C–C–N with tert-alkyl or cyclic N) is 1. The first-order valence-electron chi connectivity index (χ1n) is 4.98. The first kappa shape index (κ1) is 11.9. The number of aliphatic hydroxyl groups excluding tert-OH is 1. The minimum Gasteiger partial charge on any atom is -0.481 e. The van der Waals surface area contributed by atoms with Crippen molar-refractivity contribution in [3.05, 3.63) is 0 Å². The maximum absolute atomic E-state index is 11.5. The van der Waals surface area contributed by atoms with Crippen molar-refractivity contribution in [2.75, 3.05) is 19.6 Å². The highest BCUT2D eigenvalue weighted by Crippen LogP contribution is 2.10. The van der Waals surface area contributed by atoms with E-state index in [1.165, 1.54) is 0 Å². The maximum Gasteiger partial charge on any atom is 0.305 e. The fourth-order valence-corrected chi connectivity index (χ4v) is 1.56. The molecule has 0 aliphatic carbocycles. The van der Waals surface area contributed by atoms with E-state index in [4.69, 9.17) is 5.11 Å². The Kier molecular flexibility index (Phi) is 4.51. The standard InChI is InChI=1S/C9H16N2O4/c12-7-3-6(4-10-5-7)9(15)11-2-1-8(13)14/h6-7,10,12H,1-5H2,(H,11,15)(H,13,14). The van der Waals surface area contributed by atoms with Gasteiger partial charge in [0.15, 0.2) is 0 Å². The van der Waals surface area contributed by atoms with Gasteiger partial charge in [-0.3, -0.25) is 9.59 Å². The predicted octanol–water partition coefficient (Wildman–Crippen LogP) is -1.45. The van der Waals surface area contributed by atoms with E-state index >= 15 is 0 Å². The summed E-state index contributed by atoms with van der Waals surface area (Å²) in [5, 5.41) is 23.2. The Morgan fingerprint density at radius 3 is 2.73 bits per heavy atom. The van der Waals surface area contributed by atoms with Gasteiger partial charge in [-0.2, -0.15) is 0 Å². The van der Waals surface area contributed by atoms with E-state index in [0.717, 1.165) is 0 Å². The van der Waals surface area contributed by atoms with Gasteiger partial charge < -0.3 is 20.8 Å². The van der Waals surface area contributed by atoms with Crippen LogP contribution in [-0.4, -0.2) is 47.8 Å². The molecule has 86 valence electrons. The van der Waals surface area contributed by atoms with Crippen molar-refractivity contribution >= 4 is 11.9 Å². The number of nitrogens with one attached hydrogen (secondary N) is 2. The molecule has 0 bridgehead atoms. The molecule has 6 nitrogen and oxygen atoms in total. The molecule has 0 radical (unpaired) electrons. The number of hydrogen-bond acceptors (Lipinski definition) is 4. The van der Waals surface area contributed by atoms with Gasteiger partial charge >= 0.3 is 5.97 Å². The predicted molar refractivity (Wildman–Crippen MR) is 52.2 cm³/mol. The molecule has 0 aromatic rings. The summed E-state index contributed by atoms with van der Waals surface area (Å²) in [4.78, 5) is 21.7. The monoisotopic (exact) mass is 216 g/mol. The summed E-state index contributed by atoms with van der Waals surface area (Å²) < 4.78 is 0. The van der Waals surface area contributed by atoms with E-state index in [0.29, 0.717) is 19.5 Å². The van der Waals surface area contributed by atoms with Gasteiger partial charge in [-0.15, -0.1) is 0 Å². The van der Waals surface area contributed by atoms with Crippen LogP contribution in [0.2, 0.25) is 0 Å². The smallest absolute Gasteiger partial charge is 0.305 e. The fourth-order valence-electron chi connectivity index (χ4n) is 1.56. The van der Waals surface area contributed by atoms with Gasteiger partial charge in [0.2, 0.25) is 5.91 Å². The molecule has 0 aromatic heterocycles. The van der Waals surface area contributed by atoms with Crippen LogP contribution >= 0.6 is 0 Å². The number of aliphatic hydroxyl groups is 1. The SMILES string of the molecule is O=C(O)CCNC(=O)C1CNCC(O)C1. The minimum absolute atomic E-state index is 0.0750. The third kappa shape index (κ3) is 4.26. The van der Waals surface area contributed by atoms with E-state index in [2.05, 4.69) is 10.6 Å². The highest BCUT2D eigenvalue weighted by molar-refractivity contribution is 5.79. The van der Waals surface area contributed by atoms with Crippen molar-refractivity contribution in [3.8, 4) is 0 Å². The maximum atomic E-state index is 11.5. The molecule has 0 aromatic carbocycles. The zero-order chi connectivity index (χ0) is 11.3. The summed E-state index contributed by atoms with van der Waals surface area (Å²) in [5.74, 6) is -1.39. The molecule has 1 aliphatic rings. The molecule has 0 saturated carbocycles. The average molecular weight is 216 g/mol. The van der Waals surface area contributed by atoms with Crippen molar-refractivity contribution in [2.45, 2.75) is 18.9 Å². The van der Waals surface area contributed by atoms with Gasteiger partial charge in [-0.05, 0) is 6.42 Å². The van der Waals surface area contributed by atoms with Crippen LogP contribution in [0.25, 0.3) is 0 Å². The number of piperidine rings is 1. The van der Waals surface area contributed by atoms with Crippen molar-refractivity contribution in [1.29, 1.82) is 0 Å². The molecular weight excluding hydrogens is 200 g/mol. The summed E-state index contributed by atoms with van der Waals surface area (Å²) in [6.07, 6.45) is -0.130. The Balaban J connectivity index is 2.24. The van der Waals surface area contributed by atoms with Crippen LogP contribution in [0.1, 0.15) is 12.8 Å². The van der Waals surface area contributed by atoms with Crippen LogP contribution in [0.3, 0.4) is 0 Å². The highest BCUT2D eigenvalue weighted by atomic mass is 16.4. The van der Waals surface area contributed by atoms with Crippen molar-refractivity contribution in [2.24, 2.45) is 5.92 Å². The highest BCUT2D eigenvalue weighted by Gasteiger charge is 2.25. The second kappa shape index (κ2) is 5.67. The van der Waals surface area contributed by atoms with E-state index in [1.807, 2.05) is 0 Å². The van der Waals surface area contributed by atoms with Crippen molar-refractivity contribution < 1.29 is 19.8 Å². The molecule has 1 rings (SSSR count). The van der Waals surface area contributed by atoms with Crippen molar-refractivity contribution in [3.63, 3.8) is 0 Å². The zero-order valence-corrected chi connectivity index (χ0v) is 8.40. The van der Waals surface area contributed by atoms with Gasteiger partial charge in [0.1, 0.15) is 0 Å². The molecular formula is C9H16N2O4. The lowest BCUT2D eigenvalue weighted by atomic mass is 9.97. The van der Waals surface area contributed by atoms with Crippen LogP contribution in [0.15, 0.2) is 0 Å². The summed E-state index contributed by atoms with van der Waals surface area (Å²) in [6, 6.07) is 0. The summed E-state index contributed by atoms with van der Waals surface area (Å²) in [5.41, 5.74) is 0. The second-order valence-corrected chi connectivity index (χ2v) is 3.68. The van der Waals surface area contributed by atoms with Crippen LogP contribution in [0.5, 0.6) is 0 Å². The number of aliphatic carboxylic acids is 1. The normalized spacial score (nSPS) is 25.9. The third-order valence-electron chi connectivity index (χ3n) is 2.34. The average Bonchev–Trinajstić information content (AvgIpc) is 2.17.